The van der Waals surface area contributed by atoms with Gasteiger partial charge in [0.05, 0.1) is 5.52 Å². The summed E-state index contributed by atoms with van der Waals surface area (Å²) in [6.07, 6.45) is -4.60. The van der Waals surface area contributed by atoms with E-state index in [2.05, 4.69) is 19.6 Å². The number of rotatable bonds is 3. The lowest BCUT2D eigenvalue weighted by molar-refractivity contribution is -0.145. The first-order valence-corrected chi connectivity index (χ1v) is 8.02. The number of benzene rings is 1. The van der Waals surface area contributed by atoms with Crippen molar-refractivity contribution in [2.75, 3.05) is 0 Å². The lowest BCUT2D eigenvalue weighted by atomic mass is 10.2. The molecule has 0 amide bonds. The van der Waals surface area contributed by atoms with Gasteiger partial charge in [-0.05, 0) is 6.07 Å². The fraction of sp³-hybridized carbons (Fsp3) is 0.167. The molecule has 2 heterocycles. The van der Waals surface area contributed by atoms with E-state index in [1.54, 1.807) is 18.2 Å². The van der Waals surface area contributed by atoms with Crippen molar-refractivity contribution in [2.24, 2.45) is 0 Å². The molecule has 10 heteroatoms. The second-order valence-electron chi connectivity index (χ2n) is 4.15. The van der Waals surface area contributed by atoms with E-state index >= 15 is 0 Å². The second kappa shape index (κ2) is 5.98. The Bertz CT molecular complexity index is 821. The van der Waals surface area contributed by atoms with Crippen LogP contribution in [0.25, 0.3) is 10.9 Å². The Kier molecular flexibility index (Phi) is 4.20. The van der Waals surface area contributed by atoms with E-state index in [1.165, 1.54) is 6.07 Å². The third kappa shape index (κ3) is 3.16. The van der Waals surface area contributed by atoms with Crippen LogP contribution in [-0.2, 0) is 11.9 Å². The summed E-state index contributed by atoms with van der Waals surface area (Å²) in [5, 5.41) is 4.63. The van der Waals surface area contributed by atoms with E-state index in [-0.39, 0.29) is 16.3 Å². The Labute approximate surface area is 135 Å². The molecule has 3 aromatic rings. The lowest BCUT2D eigenvalue weighted by Crippen LogP contribution is -2.11. The lowest BCUT2D eigenvalue weighted by Gasteiger charge is -2.09. The summed E-state index contributed by atoms with van der Waals surface area (Å²) in [7, 11) is 0. The van der Waals surface area contributed by atoms with Gasteiger partial charge in [-0.2, -0.15) is 13.2 Å². The largest absolute Gasteiger partial charge is 0.451 e. The van der Waals surface area contributed by atoms with Gasteiger partial charge >= 0.3 is 6.18 Å². The highest BCUT2D eigenvalue weighted by Crippen LogP contribution is 2.34. The maximum Gasteiger partial charge on any atom is 0.451 e. The van der Waals surface area contributed by atoms with Gasteiger partial charge < -0.3 is 0 Å². The van der Waals surface area contributed by atoms with Crippen molar-refractivity contribution in [3.05, 3.63) is 40.1 Å². The summed E-state index contributed by atoms with van der Waals surface area (Å²) in [6, 6.07) is 6.55. The van der Waals surface area contributed by atoms with Crippen molar-refractivity contribution in [1.29, 1.82) is 0 Å². The molecule has 0 saturated heterocycles. The molecule has 3 rings (SSSR count). The SMILES string of the molecule is FC(F)(F)c1nc(SCc2nnsc2Cl)c2ccccc2n1. The highest BCUT2D eigenvalue weighted by Gasteiger charge is 2.35. The third-order valence-corrected chi connectivity index (χ3v) is 4.66. The average molecular weight is 363 g/mol. The van der Waals surface area contributed by atoms with Crippen LogP contribution in [0.4, 0.5) is 13.2 Å². The van der Waals surface area contributed by atoms with Crippen molar-refractivity contribution in [1.82, 2.24) is 19.6 Å². The number of hydrogen-bond acceptors (Lipinski definition) is 6. The van der Waals surface area contributed by atoms with Crippen molar-refractivity contribution in [3.63, 3.8) is 0 Å². The van der Waals surface area contributed by atoms with Crippen LogP contribution in [0.15, 0.2) is 29.3 Å². The summed E-state index contributed by atoms with van der Waals surface area (Å²) < 4.78 is 42.8. The average Bonchev–Trinajstić information content (AvgIpc) is 2.89. The molecule has 114 valence electrons. The first kappa shape index (κ1) is 15.4. The number of para-hydroxylation sites is 1. The molecular weight excluding hydrogens is 357 g/mol. The number of hydrogen-bond donors (Lipinski definition) is 0. The number of nitrogens with zero attached hydrogens (tertiary/aromatic N) is 4. The summed E-state index contributed by atoms with van der Waals surface area (Å²) in [5.74, 6) is -0.871. The molecule has 0 N–H and O–H groups in total. The number of alkyl halides is 3. The van der Waals surface area contributed by atoms with Crippen LogP contribution in [-0.4, -0.2) is 19.6 Å². The summed E-state index contributed by atoms with van der Waals surface area (Å²) >= 11 is 8.05. The van der Waals surface area contributed by atoms with Crippen molar-refractivity contribution in [2.45, 2.75) is 17.0 Å². The van der Waals surface area contributed by atoms with Gasteiger partial charge in [0.25, 0.3) is 0 Å². The zero-order valence-corrected chi connectivity index (χ0v) is 13.0. The molecular formula is C12H6ClF3N4S2. The Morgan fingerprint density at radius 3 is 2.64 bits per heavy atom. The Morgan fingerprint density at radius 2 is 1.95 bits per heavy atom. The molecule has 0 aliphatic rings. The van der Waals surface area contributed by atoms with E-state index < -0.39 is 12.0 Å². The molecule has 1 aromatic carbocycles. The molecule has 0 radical (unpaired) electrons. The molecule has 22 heavy (non-hydrogen) atoms. The van der Waals surface area contributed by atoms with Crippen LogP contribution in [0.5, 0.6) is 0 Å². The monoisotopic (exact) mass is 362 g/mol. The van der Waals surface area contributed by atoms with E-state index in [1.807, 2.05) is 0 Å². The second-order valence-corrected chi connectivity index (χ2v) is 6.47. The first-order chi connectivity index (χ1) is 10.4. The summed E-state index contributed by atoms with van der Waals surface area (Å²) in [4.78, 5) is 7.21. The maximum atomic E-state index is 12.9. The van der Waals surface area contributed by atoms with Gasteiger partial charge in [0.15, 0.2) is 0 Å². The van der Waals surface area contributed by atoms with Gasteiger partial charge in [0.1, 0.15) is 15.1 Å². The molecule has 0 atom stereocenters. The van der Waals surface area contributed by atoms with Crippen LogP contribution in [0.1, 0.15) is 11.5 Å². The van der Waals surface area contributed by atoms with E-state index in [0.29, 0.717) is 15.4 Å². The smallest absolute Gasteiger partial charge is 0.224 e. The van der Waals surface area contributed by atoms with E-state index in [9.17, 15) is 13.2 Å². The molecule has 0 aliphatic carbocycles. The van der Waals surface area contributed by atoms with Gasteiger partial charge in [0.2, 0.25) is 5.82 Å². The molecule has 0 bridgehead atoms. The molecule has 0 spiro atoms. The summed E-state index contributed by atoms with van der Waals surface area (Å²) in [5.41, 5.74) is 0.766. The highest BCUT2D eigenvalue weighted by molar-refractivity contribution is 7.98. The predicted molar refractivity (Wildman–Crippen MR) is 79.0 cm³/mol. The van der Waals surface area contributed by atoms with E-state index in [4.69, 9.17) is 11.6 Å². The number of thioether (sulfide) groups is 1. The van der Waals surface area contributed by atoms with Crippen LogP contribution in [0.3, 0.4) is 0 Å². The minimum atomic E-state index is -4.60. The topological polar surface area (TPSA) is 51.6 Å². The van der Waals surface area contributed by atoms with E-state index in [0.717, 1.165) is 23.3 Å². The van der Waals surface area contributed by atoms with Gasteiger partial charge in [-0.25, -0.2) is 9.97 Å². The molecule has 4 nitrogen and oxygen atoms in total. The molecule has 2 aromatic heterocycles. The van der Waals surface area contributed by atoms with Crippen molar-refractivity contribution in [3.8, 4) is 0 Å². The number of halogens is 4. The normalized spacial score (nSPS) is 12.0. The fourth-order valence-electron chi connectivity index (χ4n) is 1.70. The zero-order chi connectivity index (χ0) is 15.7. The fourth-order valence-corrected chi connectivity index (χ4v) is 3.46. The number of aromatic nitrogens is 4. The zero-order valence-electron chi connectivity index (χ0n) is 10.6. The standard InChI is InChI=1S/C12H6ClF3N4S2/c13-9-8(19-20-22-9)5-21-10-6-3-1-2-4-7(6)17-11(18-10)12(14,15)16/h1-4H,5H2. The van der Waals surface area contributed by atoms with Gasteiger partial charge in [-0.15, -0.1) is 5.10 Å². The Hall–Kier alpha value is -1.45. The Morgan fingerprint density at radius 1 is 1.18 bits per heavy atom. The highest BCUT2D eigenvalue weighted by atomic mass is 35.5. The summed E-state index contributed by atoms with van der Waals surface area (Å²) in [6.45, 7) is 0. The van der Waals surface area contributed by atoms with Gasteiger partial charge in [-0.3, -0.25) is 0 Å². The molecule has 0 aliphatic heterocycles. The Balaban J connectivity index is 2.01. The minimum Gasteiger partial charge on any atom is -0.224 e. The predicted octanol–water partition coefficient (Wildman–Crippen LogP) is 4.45. The van der Waals surface area contributed by atoms with Crippen LogP contribution in [0.2, 0.25) is 4.34 Å². The first-order valence-electron chi connectivity index (χ1n) is 5.88. The molecule has 0 fully saturated rings. The molecule has 0 unspecified atom stereocenters. The van der Waals surface area contributed by atoms with Gasteiger partial charge in [-0.1, -0.05) is 46.1 Å². The van der Waals surface area contributed by atoms with Crippen LogP contribution in [0, 0.1) is 0 Å². The van der Waals surface area contributed by atoms with Crippen molar-refractivity contribution >= 4 is 45.8 Å². The van der Waals surface area contributed by atoms with Crippen LogP contribution < -0.4 is 0 Å². The third-order valence-electron chi connectivity index (χ3n) is 2.68. The minimum absolute atomic E-state index is 0.238. The van der Waals surface area contributed by atoms with Gasteiger partial charge in [0, 0.05) is 22.7 Å². The quantitative estimate of drug-likeness (QED) is 0.509. The number of fused-ring (bicyclic) bond motifs is 1. The van der Waals surface area contributed by atoms with Crippen LogP contribution >= 0.6 is 34.9 Å². The van der Waals surface area contributed by atoms with Crippen molar-refractivity contribution < 1.29 is 13.2 Å². The maximum absolute atomic E-state index is 12.9. The molecule has 0 saturated carbocycles.